The molecule has 2 rings (SSSR count). The van der Waals surface area contributed by atoms with Gasteiger partial charge in [0.2, 0.25) is 0 Å². The number of hydrogen-bond donors (Lipinski definition) is 2. The normalized spacial score (nSPS) is 11.9. The molecule has 1 aromatic carbocycles. The van der Waals surface area contributed by atoms with Crippen molar-refractivity contribution in [3.05, 3.63) is 30.5 Å². The summed E-state index contributed by atoms with van der Waals surface area (Å²) in [7, 11) is -4.30. The van der Waals surface area contributed by atoms with Crippen molar-refractivity contribution in [3.8, 4) is 0 Å². The summed E-state index contributed by atoms with van der Waals surface area (Å²) in [6, 6.07) is 6.90. The Morgan fingerprint density at radius 2 is 1.79 bits per heavy atom. The Bertz CT molecular complexity index is 523. The fourth-order valence-corrected chi connectivity index (χ4v) is 1.53. The molecule has 1 aromatic heterocycles. The van der Waals surface area contributed by atoms with Gasteiger partial charge in [-0.3, -0.25) is 9.55 Å². The largest absolute Gasteiger partial charge is 0.376 e. The summed E-state index contributed by atoms with van der Waals surface area (Å²) in [5, 5.41) is 0. The summed E-state index contributed by atoms with van der Waals surface area (Å²) in [6.45, 7) is 0. The van der Waals surface area contributed by atoms with Gasteiger partial charge in [0.1, 0.15) is 0 Å². The number of benzene rings is 1. The third-order valence-corrected chi connectivity index (χ3v) is 2.55. The molecule has 0 unspecified atom stereocenters. The van der Waals surface area contributed by atoms with E-state index in [4.69, 9.17) is 9.79 Å². The first-order valence-electron chi connectivity index (χ1n) is 3.85. The molecule has 0 atom stereocenters. The first-order valence-corrected chi connectivity index (χ1v) is 5.46. The van der Waals surface area contributed by atoms with Crippen LogP contribution in [0.5, 0.6) is 0 Å². The van der Waals surface area contributed by atoms with Crippen molar-refractivity contribution in [3.63, 3.8) is 0 Å². The summed E-state index contributed by atoms with van der Waals surface area (Å²) < 4.78 is 10.9. The first kappa shape index (κ1) is 9.27. The Morgan fingerprint density at radius 1 is 1.14 bits per heavy atom. The predicted molar refractivity (Wildman–Crippen MR) is 51.2 cm³/mol. The topological polar surface area (TPSA) is 83.3 Å². The van der Waals surface area contributed by atoms with Crippen molar-refractivity contribution in [2.75, 3.05) is 0 Å². The molecule has 6 heteroatoms. The van der Waals surface area contributed by atoms with Crippen LogP contribution in [0.15, 0.2) is 30.5 Å². The van der Waals surface area contributed by atoms with Crippen LogP contribution >= 0.6 is 7.60 Å². The van der Waals surface area contributed by atoms with Gasteiger partial charge in [-0.15, -0.1) is 0 Å². The van der Waals surface area contributed by atoms with Crippen molar-refractivity contribution >= 4 is 24.1 Å². The number of nitrogens with zero attached hydrogens (tertiary/aromatic N) is 2. The van der Waals surface area contributed by atoms with E-state index in [1.54, 1.807) is 24.3 Å². The average Bonchev–Trinajstić information content (AvgIpc) is 2.16. The Kier molecular flexibility index (Phi) is 2.07. The monoisotopic (exact) mass is 210 g/mol. The predicted octanol–water partition coefficient (Wildman–Crippen LogP) is 0.433. The van der Waals surface area contributed by atoms with Crippen molar-refractivity contribution in [2.24, 2.45) is 0 Å². The van der Waals surface area contributed by atoms with E-state index in [0.717, 1.165) is 6.20 Å². The second-order valence-corrected chi connectivity index (χ2v) is 4.31. The molecule has 0 aliphatic carbocycles. The van der Waals surface area contributed by atoms with Crippen LogP contribution in [-0.4, -0.2) is 19.8 Å². The van der Waals surface area contributed by atoms with Gasteiger partial charge in [0.05, 0.1) is 17.2 Å². The molecule has 0 spiro atoms. The molecule has 0 amide bonds. The summed E-state index contributed by atoms with van der Waals surface area (Å²) in [6.07, 6.45) is 1.10. The fourth-order valence-electron chi connectivity index (χ4n) is 1.09. The maximum absolute atomic E-state index is 10.9. The molecule has 0 saturated carbocycles. The lowest BCUT2D eigenvalue weighted by atomic mass is 10.3. The fraction of sp³-hybridized carbons (Fsp3) is 0. The molecule has 5 nitrogen and oxygen atoms in total. The third-order valence-electron chi connectivity index (χ3n) is 1.73. The number of rotatable bonds is 1. The Hall–Kier alpha value is -1.29. The second kappa shape index (κ2) is 3.13. The van der Waals surface area contributed by atoms with Gasteiger partial charge in [0.15, 0.2) is 5.44 Å². The smallest absolute Gasteiger partial charge is 0.320 e. The lowest BCUT2D eigenvalue weighted by molar-refractivity contribution is 0.386. The van der Waals surface area contributed by atoms with Gasteiger partial charge in [-0.05, 0) is 12.1 Å². The molecule has 0 bridgehead atoms. The summed E-state index contributed by atoms with van der Waals surface area (Å²) in [5.74, 6) is 0. The zero-order chi connectivity index (χ0) is 10.2. The zero-order valence-electron chi connectivity index (χ0n) is 7.03. The van der Waals surface area contributed by atoms with Crippen LogP contribution in [0.4, 0.5) is 0 Å². The lowest BCUT2D eigenvalue weighted by Gasteiger charge is -2.02. The van der Waals surface area contributed by atoms with Gasteiger partial charge >= 0.3 is 7.60 Å². The van der Waals surface area contributed by atoms with Crippen LogP contribution in [0.3, 0.4) is 0 Å². The minimum Gasteiger partial charge on any atom is -0.320 e. The molecule has 2 aromatic rings. The van der Waals surface area contributed by atoms with Gasteiger partial charge in [-0.1, -0.05) is 12.1 Å². The van der Waals surface area contributed by atoms with Crippen molar-refractivity contribution in [1.82, 2.24) is 9.97 Å². The Balaban J connectivity index is 2.69. The molecular weight excluding hydrogens is 203 g/mol. The quantitative estimate of drug-likeness (QED) is 0.667. The molecule has 0 fully saturated rings. The van der Waals surface area contributed by atoms with E-state index in [0.29, 0.717) is 11.0 Å². The van der Waals surface area contributed by atoms with Crippen molar-refractivity contribution in [1.29, 1.82) is 0 Å². The second-order valence-electron chi connectivity index (χ2n) is 2.76. The van der Waals surface area contributed by atoms with Crippen LogP contribution < -0.4 is 5.44 Å². The van der Waals surface area contributed by atoms with Crippen LogP contribution in [0.2, 0.25) is 0 Å². The minimum atomic E-state index is -4.30. The van der Waals surface area contributed by atoms with E-state index >= 15 is 0 Å². The molecule has 0 radical (unpaired) electrons. The van der Waals surface area contributed by atoms with Crippen LogP contribution in [0.25, 0.3) is 11.0 Å². The van der Waals surface area contributed by atoms with E-state index in [1.165, 1.54) is 0 Å². The van der Waals surface area contributed by atoms with Gasteiger partial charge in [-0.2, -0.15) is 0 Å². The minimum absolute atomic E-state index is 0.295. The molecule has 72 valence electrons. The van der Waals surface area contributed by atoms with E-state index in [1.807, 2.05) is 0 Å². The Morgan fingerprint density at radius 3 is 2.43 bits per heavy atom. The van der Waals surface area contributed by atoms with Gasteiger partial charge < -0.3 is 9.79 Å². The lowest BCUT2D eigenvalue weighted by Crippen LogP contribution is -2.09. The maximum atomic E-state index is 10.9. The molecule has 0 aliphatic heterocycles. The Labute approximate surface area is 79.6 Å². The molecule has 14 heavy (non-hydrogen) atoms. The van der Waals surface area contributed by atoms with Crippen LogP contribution in [0, 0.1) is 0 Å². The molecule has 1 heterocycles. The highest BCUT2D eigenvalue weighted by molar-refractivity contribution is 7.60. The van der Waals surface area contributed by atoms with Gasteiger partial charge in [0, 0.05) is 0 Å². The average molecular weight is 210 g/mol. The van der Waals surface area contributed by atoms with Crippen molar-refractivity contribution in [2.45, 2.75) is 0 Å². The van der Waals surface area contributed by atoms with Crippen molar-refractivity contribution < 1.29 is 14.4 Å². The highest BCUT2D eigenvalue weighted by Crippen LogP contribution is 2.31. The van der Waals surface area contributed by atoms with Gasteiger partial charge in [0.25, 0.3) is 0 Å². The number of hydrogen-bond acceptors (Lipinski definition) is 3. The molecule has 0 aliphatic rings. The summed E-state index contributed by atoms with van der Waals surface area (Å²) in [4.78, 5) is 25.4. The standard InChI is InChI=1S/C8H7N2O3P/c11-14(12,13)8-5-9-6-3-1-2-4-7(6)10-8/h1-5H,(H2,11,12,13). The van der Waals surface area contributed by atoms with E-state index in [2.05, 4.69) is 9.97 Å². The SMILES string of the molecule is O=P(O)(O)c1cnc2ccccc2n1. The van der Waals surface area contributed by atoms with E-state index in [-0.39, 0.29) is 5.44 Å². The zero-order valence-corrected chi connectivity index (χ0v) is 7.93. The summed E-state index contributed by atoms with van der Waals surface area (Å²) >= 11 is 0. The van der Waals surface area contributed by atoms with Gasteiger partial charge in [-0.25, -0.2) is 4.98 Å². The highest BCUT2D eigenvalue weighted by atomic mass is 31.2. The maximum Gasteiger partial charge on any atom is 0.376 e. The number of para-hydroxylation sites is 2. The first-order chi connectivity index (χ1) is 6.57. The number of aromatic nitrogens is 2. The highest BCUT2D eigenvalue weighted by Gasteiger charge is 2.19. The van der Waals surface area contributed by atoms with E-state index < -0.39 is 7.60 Å². The third kappa shape index (κ3) is 1.65. The molecule has 0 saturated heterocycles. The number of fused-ring (bicyclic) bond motifs is 1. The summed E-state index contributed by atoms with van der Waals surface area (Å²) in [5.41, 5.74) is 0.800. The molecular formula is C8H7N2O3P. The van der Waals surface area contributed by atoms with Crippen LogP contribution in [0.1, 0.15) is 0 Å². The van der Waals surface area contributed by atoms with Crippen LogP contribution in [-0.2, 0) is 4.57 Å². The van der Waals surface area contributed by atoms with E-state index in [9.17, 15) is 4.57 Å². The molecule has 2 N–H and O–H groups in total.